The van der Waals surface area contributed by atoms with E-state index in [0.29, 0.717) is 18.5 Å². The highest BCUT2D eigenvalue weighted by Gasteiger charge is 2.11. The minimum absolute atomic E-state index is 0.0310. The fraction of sp³-hybridized carbons (Fsp3) is 0.0952. The molecule has 4 aromatic rings. The highest BCUT2D eigenvalue weighted by molar-refractivity contribution is 7.19. The quantitative estimate of drug-likeness (QED) is 0.329. The summed E-state index contributed by atoms with van der Waals surface area (Å²) in [4.78, 5) is 15.0. The summed E-state index contributed by atoms with van der Waals surface area (Å²) in [5.74, 6) is 0. The van der Waals surface area contributed by atoms with Gasteiger partial charge >= 0.3 is 0 Å². The molecule has 2 aromatic heterocycles. The zero-order chi connectivity index (χ0) is 20.2. The van der Waals surface area contributed by atoms with E-state index >= 15 is 0 Å². The van der Waals surface area contributed by atoms with Crippen LogP contribution in [0.4, 0.5) is 5.69 Å². The van der Waals surface area contributed by atoms with Crippen molar-refractivity contribution in [3.8, 4) is 17.3 Å². The fourth-order valence-electron chi connectivity index (χ4n) is 2.94. The first-order chi connectivity index (χ1) is 14.1. The zero-order valence-electron chi connectivity index (χ0n) is 15.2. The van der Waals surface area contributed by atoms with Gasteiger partial charge in [0.05, 0.1) is 39.9 Å². The molecule has 0 aliphatic rings. The predicted molar refractivity (Wildman–Crippen MR) is 113 cm³/mol. The summed E-state index contributed by atoms with van der Waals surface area (Å²) in [7, 11) is 0. The Labute approximate surface area is 170 Å². The molecule has 8 heteroatoms. The Bertz CT molecular complexity index is 1250. The normalized spacial score (nSPS) is 11.1. The molecule has 0 saturated heterocycles. The third-order valence-corrected chi connectivity index (χ3v) is 5.30. The van der Waals surface area contributed by atoms with Gasteiger partial charge in [-0.15, -0.1) is 11.3 Å². The van der Waals surface area contributed by atoms with E-state index < -0.39 is 4.92 Å². The molecule has 0 fully saturated rings. The van der Waals surface area contributed by atoms with Gasteiger partial charge in [-0.05, 0) is 18.2 Å². The van der Waals surface area contributed by atoms with Gasteiger partial charge in [0.15, 0.2) is 0 Å². The SMILES string of the molecule is N#CCCn1cc(/C=C/c2nc3cc([N+](=O)[O-])ccc3s2)c(-c2ccccc2)n1. The van der Waals surface area contributed by atoms with Crippen molar-refractivity contribution in [3.05, 3.63) is 75.4 Å². The number of aromatic nitrogens is 3. The van der Waals surface area contributed by atoms with Crippen molar-refractivity contribution in [1.82, 2.24) is 14.8 Å². The Morgan fingerprint density at radius 2 is 2.03 bits per heavy atom. The van der Waals surface area contributed by atoms with Crippen LogP contribution in [0.2, 0.25) is 0 Å². The highest BCUT2D eigenvalue weighted by atomic mass is 32.1. The standard InChI is InChI=1S/C21H15N5O2S/c22-11-4-12-25-14-16(21(24-25)15-5-2-1-3-6-15)7-10-20-23-18-13-17(26(27)28)8-9-19(18)29-20/h1-3,5-10,13-14H,4,12H2/b10-7+. The second-order valence-corrected chi connectivity index (χ2v) is 7.33. The molecule has 0 aliphatic heterocycles. The van der Waals surface area contributed by atoms with Crippen LogP contribution in [0.5, 0.6) is 0 Å². The van der Waals surface area contributed by atoms with Crippen LogP contribution < -0.4 is 0 Å². The number of nitro benzene ring substituents is 1. The van der Waals surface area contributed by atoms with Crippen LogP contribution in [0.3, 0.4) is 0 Å². The third-order valence-electron chi connectivity index (χ3n) is 4.29. The number of nitro groups is 1. The molecule has 0 saturated carbocycles. The number of hydrogen-bond acceptors (Lipinski definition) is 6. The number of nitrogens with zero attached hydrogens (tertiary/aromatic N) is 5. The van der Waals surface area contributed by atoms with Crippen LogP contribution in [-0.2, 0) is 6.54 Å². The van der Waals surface area contributed by atoms with Crippen LogP contribution >= 0.6 is 11.3 Å². The maximum Gasteiger partial charge on any atom is 0.271 e. The van der Waals surface area contributed by atoms with E-state index in [-0.39, 0.29) is 5.69 Å². The van der Waals surface area contributed by atoms with Crippen molar-refractivity contribution in [3.63, 3.8) is 0 Å². The fourth-order valence-corrected chi connectivity index (χ4v) is 3.79. The molecular weight excluding hydrogens is 386 g/mol. The van der Waals surface area contributed by atoms with E-state index in [9.17, 15) is 10.1 Å². The second-order valence-electron chi connectivity index (χ2n) is 6.26. The average molecular weight is 401 g/mol. The Kier molecular flexibility index (Phi) is 5.14. The van der Waals surface area contributed by atoms with E-state index in [1.54, 1.807) is 10.7 Å². The van der Waals surface area contributed by atoms with Gasteiger partial charge < -0.3 is 0 Å². The molecule has 4 rings (SSSR count). The van der Waals surface area contributed by atoms with Crippen molar-refractivity contribution in [2.24, 2.45) is 0 Å². The van der Waals surface area contributed by atoms with E-state index in [4.69, 9.17) is 5.26 Å². The largest absolute Gasteiger partial charge is 0.271 e. The minimum Gasteiger partial charge on any atom is -0.270 e. The number of benzene rings is 2. The number of non-ortho nitro benzene ring substituents is 1. The zero-order valence-corrected chi connectivity index (χ0v) is 16.0. The molecule has 2 heterocycles. The summed E-state index contributed by atoms with van der Waals surface area (Å²) in [6.45, 7) is 0.523. The van der Waals surface area contributed by atoms with Crippen LogP contribution in [0, 0.1) is 21.4 Å². The molecule has 0 bridgehead atoms. The maximum absolute atomic E-state index is 10.9. The van der Waals surface area contributed by atoms with E-state index in [2.05, 4.69) is 16.2 Å². The Morgan fingerprint density at radius 1 is 1.21 bits per heavy atom. The Morgan fingerprint density at radius 3 is 2.79 bits per heavy atom. The summed E-state index contributed by atoms with van der Waals surface area (Å²) in [6, 6.07) is 16.7. The summed E-state index contributed by atoms with van der Waals surface area (Å²) in [5, 5.41) is 25.2. The number of fused-ring (bicyclic) bond motifs is 1. The predicted octanol–water partition coefficient (Wildman–Crippen LogP) is 5.15. The first-order valence-corrected chi connectivity index (χ1v) is 9.68. The summed E-state index contributed by atoms with van der Waals surface area (Å²) >= 11 is 1.47. The topological polar surface area (TPSA) is 97.6 Å². The van der Waals surface area contributed by atoms with Crippen LogP contribution in [0.25, 0.3) is 33.6 Å². The minimum atomic E-state index is -0.421. The lowest BCUT2D eigenvalue weighted by Crippen LogP contribution is -1.97. The van der Waals surface area contributed by atoms with Crippen molar-refractivity contribution < 1.29 is 4.92 Å². The number of hydrogen-bond donors (Lipinski definition) is 0. The van der Waals surface area contributed by atoms with Crippen molar-refractivity contribution in [2.45, 2.75) is 13.0 Å². The van der Waals surface area contributed by atoms with Gasteiger partial charge in [-0.3, -0.25) is 14.8 Å². The summed E-state index contributed by atoms with van der Waals surface area (Å²) < 4.78 is 2.66. The van der Waals surface area contributed by atoms with Crippen molar-refractivity contribution in [1.29, 1.82) is 5.26 Å². The van der Waals surface area contributed by atoms with Gasteiger partial charge in [-0.2, -0.15) is 10.4 Å². The number of aryl methyl sites for hydroxylation is 1. The summed E-state index contributed by atoms with van der Waals surface area (Å²) in [6.07, 6.45) is 6.11. The molecule has 0 radical (unpaired) electrons. The van der Waals surface area contributed by atoms with E-state index in [1.165, 1.54) is 23.5 Å². The van der Waals surface area contributed by atoms with Gasteiger partial charge in [0.2, 0.25) is 0 Å². The molecule has 29 heavy (non-hydrogen) atoms. The maximum atomic E-state index is 10.9. The lowest BCUT2D eigenvalue weighted by molar-refractivity contribution is -0.384. The molecule has 0 spiro atoms. The molecule has 7 nitrogen and oxygen atoms in total. The first-order valence-electron chi connectivity index (χ1n) is 8.87. The smallest absolute Gasteiger partial charge is 0.270 e. The van der Waals surface area contributed by atoms with E-state index in [1.807, 2.05) is 48.7 Å². The summed E-state index contributed by atoms with van der Waals surface area (Å²) in [5.41, 5.74) is 3.37. The van der Waals surface area contributed by atoms with Gasteiger partial charge in [-0.1, -0.05) is 30.3 Å². The number of rotatable bonds is 6. The lowest BCUT2D eigenvalue weighted by atomic mass is 10.1. The molecule has 0 amide bonds. The average Bonchev–Trinajstić information content (AvgIpc) is 3.34. The van der Waals surface area contributed by atoms with Gasteiger partial charge in [-0.25, -0.2) is 4.98 Å². The molecule has 0 aliphatic carbocycles. The molecular formula is C21H15N5O2S. The second kappa shape index (κ2) is 8.04. The first kappa shape index (κ1) is 18.5. The molecule has 142 valence electrons. The monoisotopic (exact) mass is 401 g/mol. The number of nitriles is 1. The highest BCUT2D eigenvalue weighted by Crippen LogP contribution is 2.28. The van der Waals surface area contributed by atoms with Crippen LogP contribution in [0.15, 0.2) is 54.7 Å². The van der Waals surface area contributed by atoms with Gasteiger partial charge in [0.1, 0.15) is 5.01 Å². The molecule has 2 aromatic carbocycles. The molecule has 0 N–H and O–H groups in total. The van der Waals surface area contributed by atoms with Gasteiger partial charge in [0.25, 0.3) is 5.69 Å². The van der Waals surface area contributed by atoms with Gasteiger partial charge in [0, 0.05) is 29.5 Å². The van der Waals surface area contributed by atoms with Crippen molar-refractivity contribution in [2.75, 3.05) is 0 Å². The van der Waals surface area contributed by atoms with Crippen molar-refractivity contribution >= 4 is 39.4 Å². The molecule has 0 unspecified atom stereocenters. The molecule has 0 atom stereocenters. The Hall–Kier alpha value is -3.83. The van der Waals surface area contributed by atoms with Crippen LogP contribution in [-0.4, -0.2) is 19.7 Å². The third kappa shape index (κ3) is 4.05. The van der Waals surface area contributed by atoms with Crippen LogP contribution in [0.1, 0.15) is 17.0 Å². The Balaban J connectivity index is 1.68. The number of thiazole rings is 1. The lowest BCUT2D eigenvalue weighted by Gasteiger charge is -1.98. The van der Waals surface area contributed by atoms with E-state index in [0.717, 1.165) is 26.5 Å².